The first-order valence-corrected chi connectivity index (χ1v) is 6.91. The van der Waals surface area contributed by atoms with Crippen LogP contribution in [0.15, 0.2) is 24.3 Å². The monoisotopic (exact) mass is 250 g/mol. The topological polar surface area (TPSA) is 15.3 Å². The molecular weight excluding hydrogens is 227 g/mol. The summed E-state index contributed by atoms with van der Waals surface area (Å²) in [7, 11) is 0. The number of hydrogen-bond acceptors (Lipinski definition) is 2. The minimum Gasteiger partial charge on any atom is -0.311 e. The van der Waals surface area contributed by atoms with Gasteiger partial charge in [-0.2, -0.15) is 0 Å². The van der Waals surface area contributed by atoms with Crippen molar-refractivity contribution in [3.8, 4) is 0 Å². The van der Waals surface area contributed by atoms with E-state index in [0.717, 1.165) is 19.6 Å². The van der Waals surface area contributed by atoms with E-state index in [1.54, 1.807) is 12.1 Å². The van der Waals surface area contributed by atoms with Crippen molar-refractivity contribution in [2.45, 2.75) is 45.3 Å². The molecule has 1 fully saturated rings. The number of piperazine rings is 1. The summed E-state index contributed by atoms with van der Waals surface area (Å²) in [6.07, 6.45) is 2.45. The second kappa shape index (κ2) is 6.30. The maximum Gasteiger partial charge on any atom is 0.123 e. The molecule has 0 spiro atoms. The highest BCUT2D eigenvalue weighted by atomic mass is 19.1. The lowest BCUT2D eigenvalue weighted by molar-refractivity contribution is 0.129. The lowest BCUT2D eigenvalue weighted by Crippen LogP contribution is -2.54. The van der Waals surface area contributed by atoms with E-state index < -0.39 is 0 Å². The third kappa shape index (κ3) is 3.53. The summed E-state index contributed by atoms with van der Waals surface area (Å²) in [5.74, 6) is -0.157. The molecule has 2 atom stereocenters. The molecule has 1 aromatic rings. The first-order valence-electron chi connectivity index (χ1n) is 6.91. The Balaban J connectivity index is 1.95. The van der Waals surface area contributed by atoms with E-state index in [1.165, 1.54) is 18.4 Å². The van der Waals surface area contributed by atoms with Gasteiger partial charge in [0.2, 0.25) is 0 Å². The maximum absolute atomic E-state index is 12.9. The molecule has 1 heterocycles. The molecule has 1 saturated heterocycles. The fraction of sp³-hybridized carbons (Fsp3) is 0.600. The predicted octanol–water partition coefficient (Wildman–Crippen LogP) is 2.79. The van der Waals surface area contributed by atoms with Crippen LogP contribution in [-0.4, -0.2) is 30.1 Å². The Kier molecular flexibility index (Phi) is 4.72. The number of nitrogens with zero attached hydrogens (tertiary/aromatic N) is 1. The molecule has 1 aromatic carbocycles. The zero-order chi connectivity index (χ0) is 13.0. The van der Waals surface area contributed by atoms with Crippen molar-refractivity contribution >= 4 is 0 Å². The first kappa shape index (κ1) is 13.5. The lowest BCUT2D eigenvalue weighted by Gasteiger charge is -2.39. The molecule has 2 unspecified atom stereocenters. The summed E-state index contributed by atoms with van der Waals surface area (Å²) in [4.78, 5) is 2.49. The van der Waals surface area contributed by atoms with Crippen molar-refractivity contribution in [1.82, 2.24) is 10.2 Å². The van der Waals surface area contributed by atoms with Crippen LogP contribution in [0.25, 0.3) is 0 Å². The van der Waals surface area contributed by atoms with Gasteiger partial charge in [0.25, 0.3) is 0 Å². The molecule has 0 aromatic heterocycles. The molecule has 0 bridgehead atoms. The molecule has 100 valence electrons. The van der Waals surface area contributed by atoms with E-state index in [0.29, 0.717) is 12.1 Å². The van der Waals surface area contributed by atoms with Crippen LogP contribution in [0.4, 0.5) is 4.39 Å². The molecule has 0 radical (unpaired) electrons. The van der Waals surface area contributed by atoms with Gasteiger partial charge < -0.3 is 5.32 Å². The minimum atomic E-state index is -0.157. The Labute approximate surface area is 109 Å². The van der Waals surface area contributed by atoms with Gasteiger partial charge >= 0.3 is 0 Å². The van der Waals surface area contributed by atoms with E-state index in [2.05, 4.69) is 24.1 Å². The van der Waals surface area contributed by atoms with Gasteiger partial charge in [-0.25, -0.2) is 4.39 Å². The van der Waals surface area contributed by atoms with Crippen LogP contribution in [0.3, 0.4) is 0 Å². The molecule has 0 amide bonds. The zero-order valence-electron chi connectivity index (χ0n) is 11.3. The number of halogens is 1. The largest absolute Gasteiger partial charge is 0.311 e. The lowest BCUT2D eigenvalue weighted by atomic mass is 10.0. The highest BCUT2D eigenvalue weighted by Gasteiger charge is 2.24. The van der Waals surface area contributed by atoms with E-state index in [1.807, 2.05) is 12.1 Å². The summed E-state index contributed by atoms with van der Waals surface area (Å²) in [5, 5.41) is 3.59. The van der Waals surface area contributed by atoms with Crippen LogP contribution in [0, 0.1) is 5.82 Å². The highest BCUT2D eigenvalue weighted by molar-refractivity contribution is 5.16. The summed E-state index contributed by atoms with van der Waals surface area (Å²) in [6.45, 7) is 7.53. The highest BCUT2D eigenvalue weighted by Crippen LogP contribution is 2.14. The van der Waals surface area contributed by atoms with Crippen molar-refractivity contribution < 1.29 is 4.39 Å². The van der Waals surface area contributed by atoms with Crippen LogP contribution in [-0.2, 0) is 6.54 Å². The quantitative estimate of drug-likeness (QED) is 0.884. The molecule has 2 nitrogen and oxygen atoms in total. The molecule has 1 aliphatic heterocycles. The fourth-order valence-corrected chi connectivity index (χ4v) is 2.58. The molecule has 0 aliphatic carbocycles. The molecule has 3 heteroatoms. The Morgan fingerprint density at radius 3 is 2.72 bits per heavy atom. The van der Waals surface area contributed by atoms with Crippen molar-refractivity contribution in [3.63, 3.8) is 0 Å². The first-order chi connectivity index (χ1) is 8.69. The summed E-state index contributed by atoms with van der Waals surface area (Å²) in [5.41, 5.74) is 1.19. The SMILES string of the molecule is CCCC1CN(Cc2ccc(F)cc2)C(C)CN1. The van der Waals surface area contributed by atoms with Gasteiger partial charge in [-0.1, -0.05) is 25.5 Å². The van der Waals surface area contributed by atoms with Crippen molar-refractivity contribution in [1.29, 1.82) is 0 Å². The van der Waals surface area contributed by atoms with Crippen LogP contribution >= 0.6 is 0 Å². The van der Waals surface area contributed by atoms with Crippen LogP contribution in [0.2, 0.25) is 0 Å². The summed E-state index contributed by atoms with van der Waals surface area (Å²) in [6, 6.07) is 8.02. The van der Waals surface area contributed by atoms with Gasteiger partial charge in [-0.05, 0) is 31.0 Å². The minimum absolute atomic E-state index is 0.157. The fourth-order valence-electron chi connectivity index (χ4n) is 2.58. The van der Waals surface area contributed by atoms with Crippen LogP contribution in [0.1, 0.15) is 32.3 Å². The molecule has 18 heavy (non-hydrogen) atoms. The van der Waals surface area contributed by atoms with Crippen LogP contribution in [0.5, 0.6) is 0 Å². The second-order valence-corrected chi connectivity index (χ2v) is 5.30. The van der Waals surface area contributed by atoms with Gasteiger partial charge in [0.1, 0.15) is 5.82 Å². The Morgan fingerprint density at radius 1 is 1.33 bits per heavy atom. The Bertz CT molecular complexity index is 363. The smallest absolute Gasteiger partial charge is 0.123 e. The molecular formula is C15H23FN2. The van der Waals surface area contributed by atoms with E-state index in [9.17, 15) is 4.39 Å². The third-order valence-electron chi connectivity index (χ3n) is 3.72. The Hall–Kier alpha value is -0.930. The van der Waals surface area contributed by atoms with Gasteiger partial charge in [0.05, 0.1) is 0 Å². The average molecular weight is 250 g/mol. The van der Waals surface area contributed by atoms with E-state index in [4.69, 9.17) is 0 Å². The van der Waals surface area contributed by atoms with E-state index in [-0.39, 0.29) is 5.82 Å². The van der Waals surface area contributed by atoms with Gasteiger partial charge in [-0.3, -0.25) is 4.90 Å². The van der Waals surface area contributed by atoms with Crippen molar-refractivity contribution in [2.75, 3.05) is 13.1 Å². The molecule has 2 rings (SSSR count). The predicted molar refractivity (Wildman–Crippen MR) is 73.0 cm³/mol. The van der Waals surface area contributed by atoms with Gasteiger partial charge in [0, 0.05) is 31.7 Å². The number of rotatable bonds is 4. The third-order valence-corrected chi connectivity index (χ3v) is 3.72. The number of nitrogens with one attached hydrogen (secondary N) is 1. The normalized spacial score (nSPS) is 25.3. The second-order valence-electron chi connectivity index (χ2n) is 5.30. The Morgan fingerprint density at radius 2 is 2.06 bits per heavy atom. The zero-order valence-corrected chi connectivity index (χ0v) is 11.3. The van der Waals surface area contributed by atoms with Crippen molar-refractivity contribution in [3.05, 3.63) is 35.6 Å². The molecule has 0 saturated carbocycles. The number of benzene rings is 1. The van der Waals surface area contributed by atoms with Gasteiger partial charge in [-0.15, -0.1) is 0 Å². The van der Waals surface area contributed by atoms with Crippen LogP contribution < -0.4 is 5.32 Å². The maximum atomic E-state index is 12.9. The van der Waals surface area contributed by atoms with Gasteiger partial charge in [0.15, 0.2) is 0 Å². The summed E-state index contributed by atoms with van der Waals surface area (Å²) >= 11 is 0. The van der Waals surface area contributed by atoms with E-state index >= 15 is 0 Å². The summed E-state index contributed by atoms with van der Waals surface area (Å²) < 4.78 is 12.9. The average Bonchev–Trinajstić information content (AvgIpc) is 2.36. The standard InChI is InChI=1S/C15H23FN2/c1-3-4-15-11-18(12(2)9-17-15)10-13-5-7-14(16)8-6-13/h5-8,12,15,17H,3-4,9-11H2,1-2H3. The molecule has 1 aliphatic rings. The number of hydrogen-bond donors (Lipinski definition) is 1. The molecule has 1 N–H and O–H groups in total. The van der Waals surface area contributed by atoms with Crippen molar-refractivity contribution in [2.24, 2.45) is 0 Å².